The van der Waals surface area contributed by atoms with Crippen molar-refractivity contribution in [3.63, 3.8) is 0 Å². The molecule has 0 amide bonds. The summed E-state index contributed by atoms with van der Waals surface area (Å²) in [4.78, 5) is 13.5. The largest absolute Gasteiger partial charge is 0.541 e. The highest BCUT2D eigenvalue weighted by atomic mass is 28.3. The first-order valence-corrected chi connectivity index (χ1v) is 10.5. The van der Waals surface area contributed by atoms with E-state index in [1.54, 1.807) is 18.6 Å². The Bertz CT molecular complexity index is 823. The van der Waals surface area contributed by atoms with Crippen molar-refractivity contribution in [1.82, 2.24) is 9.97 Å². The molecule has 0 atom stereocenters. The van der Waals surface area contributed by atoms with Crippen LogP contribution < -0.4 is 4.43 Å². The predicted octanol–water partition coefficient (Wildman–Crippen LogP) is 4.58. The van der Waals surface area contributed by atoms with E-state index in [0.717, 1.165) is 34.0 Å². The van der Waals surface area contributed by atoms with Gasteiger partial charge in [0.2, 0.25) is 0 Å². The van der Waals surface area contributed by atoms with Gasteiger partial charge in [-0.15, -0.1) is 0 Å². The molecule has 0 aliphatic heterocycles. The van der Waals surface area contributed by atoms with E-state index < -0.39 is 9.04 Å². The summed E-state index contributed by atoms with van der Waals surface area (Å²) in [6, 6.07) is 16.1. The minimum Gasteiger partial charge on any atom is -0.541 e. The number of benzene rings is 2. The molecule has 125 valence electrons. The lowest BCUT2D eigenvalue weighted by atomic mass is 10.1. The molecule has 0 bridgehead atoms. The second-order valence-corrected chi connectivity index (χ2v) is 7.92. The van der Waals surface area contributed by atoms with Crippen molar-refractivity contribution in [3.05, 3.63) is 83.9 Å². The molecule has 3 aromatic rings. The topological polar surface area (TPSA) is 47.4 Å². The molecule has 1 heterocycles. The van der Waals surface area contributed by atoms with Crippen LogP contribution in [0.5, 0.6) is 5.75 Å². The summed E-state index contributed by atoms with van der Waals surface area (Å²) >= 11 is 0. The van der Waals surface area contributed by atoms with Crippen LogP contribution >= 0.6 is 0 Å². The number of hydrogen-bond donors (Lipinski definition) is 0. The Morgan fingerprint density at radius 3 is 2.52 bits per heavy atom. The van der Waals surface area contributed by atoms with Crippen molar-refractivity contribution in [2.45, 2.75) is 20.0 Å². The van der Waals surface area contributed by atoms with Crippen LogP contribution in [0.25, 0.3) is 0 Å². The number of aliphatic imine (C=N–C) groups is 1. The first-order chi connectivity index (χ1) is 12.1. The first kappa shape index (κ1) is 17.0. The molecule has 5 heteroatoms. The Morgan fingerprint density at radius 2 is 1.84 bits per heavy atom. The molecule has 3 rings (SSSR count). The quantitative estimate of drug-likeness (QED) is 0.502. The molecule has 0 fully saturated rings. The Hall–Kier alpha value is -2.79. The monoisotopic (exact) mass is 346 g/mol. The van der Waals surface area contributed by atoms with E-state index in [4.69, 9.17) is 9.42 Å². The van der Waals surface area contributed by atoms with E-state index in [2.05, 4.69) is 30.0 Å². The van der Waals surface area contributed by atoms with Gasteiger partial charge in [-0.3, -0.25) is 9.97 Å². The number of nitrogens with zero attached hydrogens (tertiary/aromatic N) is 3. The molecule has 2 aromatic carbocycles. The molecule has 0 aliphatic carbocycles. The Balaban J connectivity index is 2.14. The van der Waals surface area contributed by atoms with Crippen molar-refractivity contribution < 1.29 is 4.43 Å². The molecule has 0 N–H and O–H groups in total. The van der Waals surface area contributed by atoms with Gasteiger partial charge in [-0.25, -0.2) is 4.99 Å². The smallest absolute Gasteiger partial charge is 0.274 e. The molecule has 0 saturated heterocycles. The van der Waals surface area contributed by atoms with Crippen LogP contribution in [0.2, 0.25) is 13.1 Å². The van der Waals surface area contributed by atoms with E-state index in [9.17, 15) is 0 Å². The third-order valence-electron chi connectivity index (χ3n) is 3.51. The van der Waals surface area contributed by atoms with E-state index in [0.29, 0.717) is 0 Å². The molecule has 0 spiro atoms. The van der Waals surface area contributed by atoms with Crippen LogP contribution in [0.3, 0.4) is 0 Å². The van der Waals surface area contributed by atoms with Crippen molar-refractivity contribution in [1.29, 1.82) is 0 Å². The summed E-state index contributed by atoms with van der Waals surface area (Å²) in [6.07, 6.45) is 5.07. The van der Waals surface area contributed by atoms with E-state index in [-0.39, 0.29) is 0 Å². The summed E-state index contributed by atoms with van der Waals surface area (Å²) in [7, 11) is -0.886. The Morgan fingerprint density at radius 1 is 1.04 bits per heavy atom. The van der Waals surface area contributed by atoms with Crippen LogP contribution in [-0.2, 0) is 0 Å². The highest BCUT2D eigenvalue weighted by molar-refractivity contribution is 6.49. The fourth-order valence-electron chi connectivity index (χ4n) is 2.42. The zero-order chi connectivity index (χ0) is 17.6. The van der Waals surface area contributed by atoms with Crippen molar-refractivity contribution >= 4 is 20.4 Å². The van der Waals surface area contributed by atoms with Gasteiger partial charge in [-0.2, -0.15) is 0 Å². The van der Waals surface area contributed by atoms with Crippen LogP contribution in [0.1, 0.15) is 16.8 Å². The lowest BCUT2D eigenvalue weighted by Gasteiger charge is -2.13. The lowest BCUT2D eigenvalue weighted by molar-refractivity contribution is 0.581. The van der Waals surface area contributed by atoms with E-state index >= 15 is 0 Å². The number of aryl methyl sites for hydroxylation is 1. The van der Waals surface area contributed by atoms with Crippen molar-refractivity contribution in [3.8, 4) is 5.75 Å². The van der Waals surface area contributed by atoms with Gasteiger partial charge in [-0.1, -0.05) is 36.4 Å². The lowest BCUT2D eigenvalue weighted by Crippen LogP contribution is -2.12. The second kappa shape index (κ2) is 7.85. The fraction of sp³-hybridized carbons (Fsp3) is 0.150. The third-order valence-corrected chi connectivity index (χ3v) is 4.14. The molecule has 0 aliphatic rings. The number of hydrogen-bond acceptors (Lipinski definition) is 4. The highest BCUT2D eigenvalue weighted by Crippen LogP contribution is 2.30. The molecule has 4 nitrogen and oxygen atoms in total. The maximum absolute atomic E-state index is 6.06. The summed E-state index contributed by atoms with van der Waals surface area (Å²) in [5.74, 6) is 0.816. The summed E-state index contributed by atoms with van der Waals surface area (Å²) in [5, 5.41) is 0. The molecular formula is C20H20N3OSi. The van der Waals surface area contributed by atoms with Crippen LogP contribution in [0, 0.1) is 6.92 Å². The normalized spacial score (nSPS) is 11.6. The fourth-order valence-corrected chi connectivity index (χ4v) is 3.03. The first-order valence-electron chi connectivity index (χ1n) is 8.12. The summed E-state index contributed by atoms with van der Waals surface area (Å²) in [5.41, 5.74) is 4.47. The van der Waals surface area contributed by atoms with Crippen molar-refractivity contribution in [2.24, 2.45) is 4.99 Å². The van der Waals surface area contributed by atoms with Crippen molar-refractivity contribution in [2.75, 3.05) is 0 Å². The Labute approximate surface area is 150 Å². The minimum absolute atomic E-state index is 0.735. The molecule has 1 aromatic heterocycles. The van der Waals surface area contributed by atoms with Gasteiger partial charge in [0.1, 0.15) is 17.1 Å². The average molecular weight is 346 g/mol. The number of rotatable bonds is 5. The van der Waals surface area contributed by atoms with Crippen LogP contribution in [-0.4, -0.2) is 24.7 Å². The third kappa shape index (κ3) is 4.39. The maximum Gasteiger partial charge on any atom is 0.274 e. The van der Waals surface area contributed by atoms with Crippen LogP contribution in [0.15, 0.2) is 72.1 Å². The van der Waals surface area contributed by atoms with Crippen LogP contribution in [0.4, 0.5) is 5.69 Å². The average Bonchev–Trinajstić information content (AvgIpc) is 2.62. The van der Waals surface area contributed by atoms with Gasteiger partial charge in [0, 0.05) is 18.0 Å². The Kier molecular flexibility index (Phi) is 5.35. The van der Waals surface area contributed by atoms with E-state index in [1.807, 2.05) is 48.5 Å². The van der Waals surface area contributed by atoms with Gasteiger partial charge >= 0.3 is 0 Å². The SMILES string of the molecule is Cc1ccc(N=C(c2ccccc2)c2cnccn2)c(O[Si](C)C)c1. The molecule has 0 saturated carbocycles. The summed E-state index contributed by atoms with van der Waals surface area (Å²) < 4.78 is 6.06. The predicted molar refractivity (Wildman–Crippen MR) is 103 cm³/mol. The molecule has 0 unspecified atom stereocenters. The summed E-state index contributed by atoms with van der Waals surface area (Å²) in [6.45, 7) is 6.28. The van der Waals surface area contributed by atoms with Gasteiger partial charge in [0.15, 0.2) is 0 Å². The maximum atomic E-state index is 6.06. The standard InChI is InChI=1S/C20H20N3OSi/c1-15-9-10-17(19(13-15)24-25(2)3)23-20(16-7-5-4-6-8-16)18-14-21-11-12-22-18/h4-14H,1-3H3. The molecule has 1 radical (unpaired) electrons. The molecular weight excluding hydrogens is 326 g/mol. The zero-order valence-corrected chi connectivity index (χ0v) is 15.6. The van der Waals surface area contributed by atoms with Gasteiger partial charge in [0.25, 0.3) is 9.04 Å². The molecule has 25 heavy (non-hydrogen) atoms. The van der Waals surface area contributed by atoms with Gasteiger partial charge in [0.05, 0.1) is 11.9 Å². The minimum atomic E-state index is -0.886. The highest BCUT2D eigenvalue weighted by Gasteiger charge is 2.12. The zero-order valence-electron chi connectivity index (χ0n) is 14.6. The second-order valence-electron chi connectivity index (χ2n) is 5.90. The van der Waals surface area contributed by atoms with Gasteiger partial charge in [-0.05, 0) is 37.7 Å². The van der Waals surface area contributed by atoms with Gasteiger partial charge < -0.3 is 4.43 Å². The van der Waals surface area contributed by atoms with E-state index in [1.165, 1.54) is 0 Å². The number of aromatic nitrogens is 2.